The first-order valence-corrected chi connectivity index (χ1v) is 7.98. The minimum Gasteiger partial charge on any atom is -0.446 e. The Morgan fingerprint density at radius 1 is 1.47 bits per heavy atom. The third-order valence-electron chi connectivity index (χ3n) is 3.22. The van der Waals surface area contributed by atoms with Gasteiger partial charge in [0.2, 0.25) is 5.09 Å². The van der Waals surface area contributed by atoms with Crippen LogP contribution in [0.2, 0.25) is 0 Å². The van der Waals surface area contributed by atoms with Crippen molar-refractivity contribution in [2.24, 2.45) is 0 Å². The van der Waals surface area contributed by atoms with Crippen LogP contribution in [0.3, 0.4) is 0 Å². The van der Waals surface area contributed by atoms with Crippen LogP contribution in [0, 0.1) is 0 Å². The maximum absolute atomic E-state index is 11.9. The fraction of sp³-hybridized carbons (Fsp3) is 0.667. The molecule has 108 valence electrons. The zero-order chi connectivity index (χ0) is 13.9. The minimum absolute atomic E-state index is 0.147. The highest BCUT2D eigenvalue weighted by Gasteiger charge is 2.27. The number of hydrogen-bond donors (Lipinski definition) is 2. The molecule has 2 rings (SSSR count). The van der Waals surface area contributed by atoms with E-state index in [1.54, 1.807) is 0 Å². The van der Waals surface area contributed by atoms with E-state index in [9.17, 15) is 8.42 Å². The number of furan rings is 1. The van der Waals surface area contributed by atoms with Gasteiger partial charge in [-0.25, -0.2) is 13.1 Å². The first-order valence-electron chi connectivity index (χ1n) is 6.50. The van der Waals surface area contributed by atoms with Gasteiger partial charge in [-0.1, -0.05) is 6.92 Å². The van der Waals surface area contributed by atoms with Gasteiger partial charge in [0.25, 0.3) is 10.0 Å². The summed E-state index contributed by atoms with van der Waals surface area (Å²) in [5, 5.41) is 8.70. The van der Waals surface area contributed by atoms with E-state index in [1.807, 2.05) is 0 Å². The van der Waals surface area contributed by atoms with Crippen molar-refractivity contribution >= 4 is 10.0 Å². The van der Waals surface area contributed by atoms with Crippen LogP contribution in [-0.4, -0.2) is 44.1 Å². The molecule has 6 nitrogen and oxygen atoms in total. The third-order valence-corrected chi connectivity index (χ3v) is 4.55. The highest BCUT2D eigenvalue weighted by Crippen LogP contribution is 2.25. The lowest BCUT2D eigenvalue weighted by molar-refractivity contribution is 0.236. The smallest absolute Gasteiger partial charge is 0.274 e. The lowest BCUT2D eigenvalue weighted by atomic mass is 10.4. The van der Waals surface area contributed by atoms with Crippen LogP contribution < -0.4 is 4.72 Å². The van der Waals surface area contributed by atoms with Crippen LogP contribution in [0.15, 0.2) is 21.6 Å². The molecule has 0 bridgehead atoms. The summed E-state index contributed by atoms with van der Waals surface area (Å²) in [6, 6.07) is 3.43. The monoisotopic (exact) mass is 288 g/mol. The van der Waals surface area contributed by atoms with Crippen molar-refractivity contribution in [1.82, 2.24) is 9.62 Å². The van der Waals surface area contributed by atoms with Crippen LogP contribution in [0.25, 0.3) is 0 Å². The number of nitrogens with one attached hydrogen (secondary N) is 1. The van der Waals surface area contributed by atoms with Gasteiger partial charge in [0.05, 0.1) is 0 Å². The summed E-state index contributed by atoms with van der Waals surface area (Å²) in [6.07, 6.45) is 2.41. The number of hydrogen-bond acceptors (Lipinski definition) is 5. The predicted molar refractivity (Wildman–Crippen MR) is 70.1 cm³/mol. The van der Waals surface area contributed by atoms with Gasteiger partial charge < -0.3 is 9.52 Å². The van der Waals surface area contributed by atoms with Gasteiger partial charge in [0.1, 0.15) is 12.4 Å². The Kier molecular flexibility index (Phi) is 4.62. The molecule has 0 unspecified atom stereocenters. The second-order valence-electron chi connectivity index (χ2n) is 4.64. The van der Waals surface area contributed by atoms with Crippen molar-refractivity contribution in [2.75, 3.05) is 19.6 Å². The van der Waals surface area contributed by atoms with E-state index in [1.165, 1.54) is 25.0 Å². The second kappa shape index (κ2) is 6.04. The van der Waals surface area contributed by atoms with E-state index in [-0.39, 0.29) is 17.5 Å². The highest BCUT2D eigenvalue weighted by atomic mass is 32.2. The summed E-state index contributed by atoms with van der Waals surface area (Å²) in [4.78, 5) is 2.27. The van der Waals surface area contributed by atoms with Gasteiger partial charge in [0.15, 0.2) is 0 Å². The largest absolute Gasteiger partial charge is 0.446 e. The molecule has 1 saturated carbocycles. The Labute approximate surface area is 113 Å². The van der Waals surface area contributed by atoms with E-state index in [2.05, 4.69) is 16.5 Å². The topological polar surface area (TPSA) is 82.8 Å². The molecule has 1 heterocycles. The lowest BCUT2D eigenvalue weighted by Gasteiger charge is -2.19. The van der Waals surface area contributed by atoms with Crippen molar-refractivity contribution in [2.45, 2.75) is 37.5 Å². The molecule has 1 aliphatic carbocycles. The van der Waals surface area contributed by atoms with Crippen molar-refractivity contribution in [3.8, 4) is 0 Å². The van der Waals surface area contributed by atoms with E-state index in [4.69, 9.17) is 9.52 Å². The number of aliphatic hydroxyl groups is 1. The molecule has 0 aliphatic heterocycles. The average Bonchev–Trinajstić information content (AvgIpc) is 3.10. The molecule has 1 aromatic heterocycles. The molecular formula is C12H20N2O4S. The molecular weight excluding hydrogens is 268 g/mol. The molecule has 19 heavy (non-hydrogen) atoms. The molecule has 0 atom stereocenters. The fourth-order valence-corrected chi connectivity index (χ4v) is 2.99. The minimum atomic E-state index is -3.61. The molecule has 0 radical (unpaired) electrons. The van der Waals surface area contributed by atoms with Crippen molar-refractivity contribution in [1.29, 1.82) is 0 Å². The molecule has 0 aromatic carbocycles. The number of sulfonamides is 1. The molecule has 0 spiro atoms. The fourth-order valence-electron chi connectivity index (χ4n) is 2.02. The van der Waals surface area contributed by atoms with Gasteiger partial charge in [0, 0.05) is 19.1 Å². The van der Waals surface area contributed by atoms with Gasteiger partial charge in [-0.05, 0) is 31.5 Å². The Morgan fingerprint density at radius 3 is 2.74 bits per heavy atom. The quantitative estimate of drug-likeness (QED) is 0.729. The average molecular weight is 288 g/mol. The number of aliphatic hydroxyl groups excluding tert-OH is 1. The molecule has 1 fully saturated rings. The molecule has 0 amide bonds. The van der Waals surface area contributed by atoms with E-state index in [0.717, 1.165) is 6.54 Å². The van der Waals surface area contributed by atoms with Crippen molar-refractivity contribution in [3.63, 3.8) is 0 Å². The van der Waals surface area contributed by atoms with Crippen molar-refractivity contribution in [3.05, 3.63) is 17.9 Å². The van der Waals surface area contributed by atoms with Gasteiger partial charge in [-0.2, -0.15) is 0 Å². The Balaban J connectivity index is 1.86. The summed E-state index contributed by atoms with van der Waals surface area (Å²) in [7, 11) is -3.61. The molecule has 1 aliphatic rings. The van der Waals surface area contributed by atoms with E-state index in [0.29, 0.717) is 19.1 Å². The molecule has 7 heteroatoms. The summed E-state index contributed by atoms with van der Waals surface area (Å²) >= 11 is 0. The summed E-state index contributed by atoms with van der Waals surface area (Å²) in [6.45, 7) is 3.77. The Morgan fingerprint density at radius 2 is 2.21 bits per heavy atom. The van der Waals surface area contributed by atoms with Gasteiger partial charge in [-0.3, -0.25) is 4.90 Å². The van der Waals surface area contributed by atoms with Crippen LogP contribution in [0.1, 0.15) is 25.5 Å². The number of nitrogens with zero attached hydrogens (tertiary/aromatic N) is 1. The lowest BCUT2D eigenvalue weighted by Crippen LogP contribution is -2.36. The van der Waals surface area contributed by atoms with Crippen LogP contribution >= 0.6 is 0 Å². The molecule has 1 aromatic rings. The summed E-state index contributed by atoms with van der Waals surface area (Å²) in [5.41, 5.74) is 0. The van der Waals surface area contributed by atoms with Crippen molar-refractivity contribution < 1.29 is 17.9 Å². The summed E-state index contributed by atoms with van der Waals surface area (Å²) < 4.78 is 31.4. The van der Waals surface area contributed by atoms with Gasteiger partial charge >= 0.3 is 0 Å². The standard InChI is InChI=1S/C12H20N2O4S/c1-2-14(10-3-4-10)8-7-13-19(16,17)12-6-5-11(9-15)18-12/h5-6,10,13,15H,2-4,7-9H2,1H3. The zero-order valence-corrected chi connectivity index (χ0v) is 11.8. The van der Waals surface area contributed by atoms with E-state index >= 15 is 0 Å². The number of likely N-dealkylation sites (N-methyl/N-ethyl adjacent to an activating group) is 1. The summed E-state index contributed by atoms with van der Waals surface area (Å²) in [5.74, 6) is 0.244. The van der Waals surface area contributed by atoms with Crippen LogP contribution in [0.5, 0.6) is 0 Å². The van der Waals surface area contributed by atoms with Gasteiger partial charge in [-0.15, -0.1) is 0 Å². The zero-order valence-electron chi connectivity index (χ0n) is 11.0. The Bertz CT molecular complexity index is 508. The first-order chi connectivity index (χ1) is 9.06. The normalized spacial score (nSPS) is 16.2. The molecule has 0 saturated heterocycles. The maximum atomic E-state index is 11.9. The SMILES string of the molecule is CCN(CCNS(=O)(=O)c1ccc(CO)o1)C1CC1. The van der Waals surface area contributed by atoms with E-state index < -0.39 is 10.0 Å². The predicted octanol–water partition coefficient (Wildman–Crippen LogP) is 0.534. The Hall–Kier alpha value is -0.890. The first kappa shape index (κ1) is 14.5. The van der Waals surface area contributed by atoms with Crippen LogP contribution in [0.4, 0.5) is 0 Å². The highest BCUT2D eigenvalue weighted by molar-refractivity contribution is 7.89. The second-order valence-corrected chi connectivity index (χ2v) is 6.33. The number of rotatable bonds is 8. The third kappa shape index (κ3) is 3.79. The van der Waals surface area contributed by atoms with Crippen LogP contribution in [-0.2, 0) is 16.6 Å². The maximum Gasteiger partial charge on any atom is 0.274 e. The molecule has 2 N–H and O–H groups in total.